The number of rotatable bonds is 5. The zero-order valence-corrected chi connectivity index (χ0v) is 16.4. The highest BCUT2D eigenvalue weighted by Crippen LogP contribution is 2.25. The third kappa shape index (κ3) is 4.00. The van der Waals surface area contributed by atoms with Crippen molar-refractivity contribution < 1.29 is 9.59 Å². The van der Waals surface area contributed by atoms with Gasteiger partial charge in [0.15, 0.2) is 0 Å². The molecule has 1 saturated heterocycles. The summed E-state index contributed by atoms with van der Waals surface area (Å²) in [6.07, 6.45) is 4.32. The van der Waals surface area contributed by atoms with Gasteiger partial charge in [0.25, 0.3) is 0 Å². The van der Waals surface area contributed by atoms with Crippen LogP contribution in [0.3, 0.4) is 0 Å². The van der Waals surface area contributed by atoms with Gasteiger partial charge in [0.1, 0.15) is 0 Å². The van der Waals surface area contributed by atoms with Crippen LogP contribution in [0.5, 0.6) is 0 Å². The van der Waals surface area contributed by atoms with Gasteiger partial charge in [-0.1, -0.05) is 36.4 Å². The number of aromatic nitrogens is 2. The van der Waals surface area contributed by atoms with E-state index in [9.17, 15) is 9.59 Å². The van der Waals surface area contributed by atoms with Crippen LogP contribution in [0.25, 0.3) is 10.8 Å². The summed E-state index contributed by atoms with van der Waals surface area (Å²) in [5.41, 5.74) is 7.68. The average molecular weight is 391 g/mol. The van der Waals surface area contributed by atoms with Crippen LogP contribution in [-0.4, -0.2) is 34.7 Å². The Kier molecular flexibility index (Phi) is 5.31. The van der Waals surface area contributed by atoms with Crippen LogP contribution in [0.1, 0.15) is 24.4 Å². The summed E-state index contributed by atoms with van der Waals surface area (Å²) in [5.74, 6) is -0.329. The maximum absolute atomic E-state index is 13.0. The minimum absolute atomic E-state index is 0.0203. The standard InChI is InChI=1S/C22H25N5O2/c1-26-14-19(12-24-26)27-13-18(8-9-21(27)28)22(29)25-20(11-23)17-7-6-15-4-2-3-5-16(15)10-17/h2-7,10,12,14,18,20H,8-9,11,13,23H2,1H3,(H,25,29). The predicted molar refractivity (Wildman–Crippen MR) is 112 cm³/mol. The number of fused-ring (bicyclic) bond motifs is 1. The Hall–Kier alpha value is -3.19. The molecule has 0 aliphatic carbocycles. The summed E-state index contributed by atoms with van der Waals surface area (Å²) < 4.78 is 1.65. The molecule has 1 aliphatic heterocycles. The SMILES string of the molecule is Cn1cc(N2CC(C(=O)NC(CN)c3ccc4ccccc4c3)CCC2=O)cn1. The fourth-order valence-electron chi connectivity index (χ4n) is 3.85. The Bertz CT molecular complexity index is 1040. The second kappa shape index (κ2) is 8.05. The van der Waals surface area contributed by atoms with Crippen molar-refractivity contribution >= 4 is 28.3 Å². The normalized spacial score (nSPS) is 18.1. The van der Waals surface area contributed by atoms with E-state index in [0.29, 0.717) is 25.9 Å². The predicted octanol–water partition coefficient (Wildman–Crippen LogP) is 2.13. The molecule has 2 amide bonds. The van der Waals surface area contributed by atoms with Gasteiger partial charge < -0.3 is 16.0 Å². The van der Waals surface area contributed by atoms with Crippen molar-refractivity contribution in [2.75, 3.05) is 18.0 Å². The zero-order chi connectivity index (χ0) is 20.4. The van der Waals surface area contributed by atoms with Gasteiger partial charge in [-0.25, -0.2) is 0 Å². The van der Waals surface area contributed by atoms with Gasteiger partial charge in [-0.15, -0.1) is 0 Å². The van der Waals surface area contributed by atoms with Gasteiger partial charge in [-0.2, -0.15) is 5.10 Å². The highest BCUT2D eigenvalue weighted by Gasteiger charge is 2.32. The van der Waals surface area contributed by atoms with E-state index in [1.165, 1.54) is 0 Å². The number of anilines is 1. The summed E-state index contributed by atoms with van der Waals surface area (Å²) in [5, 5.41) is 9.48. The first-order valence-corrected chi connectivity index (χ1v) is 9.83. The molecule has 3 aromatic rings. The third-order valence-corrected chi connectivity index (χ3v) is 5.51. The quantitative estimate of drug-likeness (QED) is 0.697. The minimum atomic E-state index is -0.276. The van der Waals surface area contributed by atoms with Crippen LogP contribution < -0.4 is 16.0 Å². The molecule has 1 aliphatic rings. The Balaban J connectivity index is 1.48. The highest BCUT2D eigenvalue weighted by atomic mass is 16.2. The molecular weight excluding hydrogens is 366 g/mol. The minimum Gasteiger partial charge on any atom is -0.348 e. The first kappa shape index (κ1) is 19.1. The maximum atomic E-state index is 13.0. The molecule has 7 heteroatoms. The van der Waals surface area contributed by atoms with E-state index in [2.05, 4.69) is 22.5 Å². The molecule has 0 spiro atoms. The van der Waals surface area contributed by atoms with Crippen LogP contribution >= 0.6 is 0 Å². The molecular formula is C22H25N5O2. The topological polar surface area (TPSA) is 93.3 Å². The van der Waals surface area contributed by atoms with Crippen molar-refractivity contribution in [2.45, 2.75) is 18.9 Å². The summed E-state index contributed by atoms with van der Waals surface area (Å²) >= 11 is 0. The number of hydrogen-bond acceptors (Lipinski definition) is 4. The van der Waals surface area contributed by atoms with Crippen molar-refractivity contribution in [1.82, 2.24) is 15.1 Å². The van der Waals surface area contributed by atoms with Crippen molar-refractivity contribution in [1.29, 1.82) is 0 Å². The lowest BCUT2D eigenvalue weighted by atomic mass is 9.95. The van der Waals surface area contributed by atoms with Gasteiger partial charge in [0.2, 0.25) is 11.8 Å². The second-order valence-corrected chi connectivity index (χ2v) is 7.52. The van der Waals surface area contributed by atoms with Gasteiger partial charge in [0, 0.05) is 32.8 Å². The van der Waals surface area contributed by atoms with Crippen LogP contribution in [0, 0.1) is 5.92 Å². The number of carbonyl (C=O) groups is 2. The molecule has 4 rings (SSSR count). The molecule has 150 valence electrons. The Morgan fingerprint density at radius 1 is 1.28 bits per heavy atom. The van der Waals surface area contributed by atoms with Crippen molar-refractivity contribution in [3.8, 4) is 0 Å². The number of nitrogens with zero attached hydrogens (tertiary/aromatic N) is 3. The number of nitrogens with one attached hydrogen (secondary N) is 1. The Morgan fingerprint density at radius 3 is 2.79 bits per heavy atom. The number of carbonyl (C=O) groups excluding carboxylic acids is 2. The first-order chi connectivity index (χ1) is 14.0. The first-order valence-electron chi connectivity index (χ1n) is 9.83. The largest absolute Gasteiger partial charge is 0.348 e. The molecule has 3 N–H and O–H groups in total. The van der Waals surface area contributed by atoms with E-state index in [0.717, 1.165) is 22.0 Å². The number of hydrogen-bond donors (Lipinski definition) is 2. The van der Waals surface area contributed by atoms with Crippen LogP contribution in [-0.2, 0) is 16.6 Å². The van der Waals surface area contributed by atoms with Gasteiger partial charge >= 0.3 is 0 Å². The van der Waals surface area contributed by atoms with Crippen molar-refractivity contribution in [2.24, 2.45) is 18.7 Å². The molecule has 0 radical (unpaired) electrons. The molecule has 7 nitrogen and oxygen atoms in total. The lowest BCUT2D eigenvalue weighted by Crippen LogP contribution is -2.47. The van der Waals surface area contributed by atoms with E-state index in [1.807, 2.05) is 30.3 Å². The fourth-order valence-corrected chi connectivity index (χ4v) is 3.85. The Labute approximate surface area is 169 Å². The fraction of sp³-hybridized carbons (Fsp3) is 0.318. The number of benzene rings is 2. The van der Waals surface area contributed by atoms with E-state index in [1.54, 1.807) is 29.0 Å². The van der Waals surface area contributed by atoms with E-state index in [-0.39, 0.29) is 23.8 Å². The van der Waals surface area contributed by atoms with E-state index in [4.69, 9.17) is 5.73 Å². The highest BCUT2D eigenvalue weighted by molar-refractivity contribution is 5.96. The molecule has 2 aromatic carbocycles. The smallest absolute Gasteiger partial charge is 0.227 e. The molecule has 0 bridgehead atoms. The number of amides is 2. The molecule has 2 unspecified atom stereocenters. The number of piperidine rings is 1. The van der Waals surface area contributed by atoms with Crippen LogP contribution in [0.4, 0.5) is 5.69 Å². The van der Waals surface area contributed by atoms with Crippen molar-refractivity contribution in [3.05, 3.63) is 60.4 Å². The molecule has 1 aromatic heterocycles. The molecule has 29 heavy (non-hydrogen) atoms. The lowest BCUT2D eigenvalue weighted by molar-refractivity contribution is -0.128. The monoisotopic (exact) mass is 391 g/mol. The van der Waals surface area contributed by atoms with E-state index < -0.39 is 0 Å². The molecule has 0 saturated carbocycles. The van der Waals surface area contributed by atoms with Crippen LogP contribution in [0.2, 0.25) is 0 Å². The molecule has 2 atom stereocenters. The maximum Gasteiger partial charge on any atom is 0.227 e. The lowest BCUT2D eigenvalue weighted by Gasteiger charge is -2.32. The molecule has 2 heterocycles. The van der Waals surface area contributed by atoms with Gasteiger partial charge in [-0.3, -0.25) is 14.3 Å². The van der Waals surface area contributed by atoms with Gasteiger partial charge in [-0.05, 0) is 28.8 Å². The van der Waals surface area contributed by atoms with Gasteiger partial charge in [0.05, 0.1) is 23.8 Å². The number of aryl methyl sites for hydroxylation is 1. The zero-order valence-electron chi connectivity index (χ0n) is 16.4. The Morgan fingerprint density at radius 2 is 2.07 bits per heavy atom. The average Bonchev–Trinajstić information content (AvgIpc) is 3.17. The number of nitrogens with two attached hydrogens (primary N) is 1. The summed E-state index contributed by atoms with van der Waals surface area (Å²) in [6.45, 7) is 0.660. The van der Waals surface area contributed by atoms with E-state index >= 15 is 0 Å². The summed E-state index contributed by atoms with van der Waals surface area (Å²) in [6, 6.07) is 14.0. The van der Waals surface area contributed by atoms with Crippen molar-refractivity contribution in [3.63, 3.8) is 0 Å². The third-order valence-electron chi connectivity index (χ3n) is 5.51. The molecule has 1 fully saturated rings. The van der Waals surface area contributed by atoms with Crippen LogP contribution in [0.15, 0.2) is 54.9 Å². The summed E-state index contributed by atoms with van der Waals surface area (Å²) in [7, 11) is 1.80. The summed E-state index contributed by atoms with van der Waals surface area (Å²) in [4.78, 5) is 26.9. The second-order valence-electron chi connectivity index (χ2n) is 7.52.